The summed E-state index contributed by atoms with van der Waals surface area (Å²) in [6.45, 7) is 3.80. The molecule has 1 aliphatic heterocycles. The summed E-state index contributed by atoms with van der Waals surface area (Å²) in [5, 5.41) is 13.6. The van der Waals surface area contributed by atoms with E-state index in [1.807, 2.05) is 10.9 Å². The molecule has 7 heteroatoms. The van der Waals surface area contributed by atoms with Gasteiger partial charge in [0, 0.05) is 25.2 Å². The normalized spacial score (nSPS) is 19.1. The highest BCUT2D eigenvalue weighted by molar-refractivity contribution is 7.00. The lowest BCUT2D eigenvalue weighted by Crippen LogP contribution is -2.34. The van der Waals surface area contributed by atoms with Crippen LogP contribution >= 0.6 is 11.7 Å². The third kappa shape index (κ3) is 3.33. The Labute approximate surface area is 145 Å². The first kappa shape index (κ1) is 15.7. The Morgan fingerprint density at radius 2 is 2.12 bits per heavy atom. The summed E-state index contributed by atoms with van der Waals surface area (Å²) in [6.07, 6.45) is 4.34. The number of nitrogens with zero attached hydrogens (tertiary/aromatic N) is 5. The fourth-order valence-corrected chi connectivity index (χ4v) is 3.96. The Balaban J connectivity index is 1.43. The Morgan fingerprint density at radius 3 is 3.04 bits per heavy atom. The van der Waals surface area contributed by atoms with Gasteiger partial charge in [0.1, 0.15) is 11.0 Å². The number of piperidine rings is 1. The average Bonchev–Trinajstić information content (AvgIpc) is 3.24. The van der Waals surface area contributed by atoms with E-state index < -0.39 is 0 Å². The van der Waals surface area contributed by atoms with Crippen LogP contribution in [0.4, 0.5) is 0 Å². The first-order valence-electron chi connectivity index (χ1n) is 8.39. The van der Waals surface area contributed by atoms with Gasteiger partial charge in [-0.25, -0.2) is 0 Å². The molecule has 24 heavy (non-hydrogen) atoms. The van der Waals surface area contributed by atoms with Crippen molar-refractivity contribution in [3.05, 3.63) is 41.7 Å². The molecule has 6 nitrogen and oxygen atoms in total. The Morgan fingerprint density at radius 1 is 1.21 bits per heavy atom. The van der Waals surface area contributed by atoms with E-state index in [2.05, 4.69) is 43.0 Å². The molecule has 2 aromatic heterocycles. The minimum absolute atomic E-state index is 0.131. The van der Waals surface area contributed by atoms with Crippen molar-refractivity contribution in [2.75, 3.05) is 19.7 Å². The van der Waals surface area contributed by atoms with Crippen LogP contribution in [0.25, 0.3) is 11.0 Å². The topological polar surface area (TPSA) is 67.1 Å². The molecule has 0 radical (unpaired) electrons. The molecule has 0 unspecified atom stereocenters. The number of rotatable bonds is 5. The van der Waals surface area contributed by atoms with Crippen molar-refractivity contribution in [3.63, 3.8) is 0 Å². The first-order valence-corrected chi connectivity index (χ1v) is 9.12. The highest BCUT2D eigenvalue weighted by atomic mass is 32.1. The van der Waals surface area contributed by atoms with Crippen molar-refractivity contribution >= 4 is 22.8 Å². The molecule has 0 amide bonds. The predicted octanol–water partition coefficient (Wildman–Crippen LogP) is 2.26. The quantitative estimate of drug-likeness (QED) is 0.770. The zero-order valence-corrected chi connectivity index (χ0v) is 14.3. The first-order chi connectivity index (χ1) is 11.8. The van der Waals surface area contributed by atoms with E-state index in [9.17, 15) is 0 Å². The van der Waals surface area contributed by atoms with E-state index in [1.54, 1.807) is 0 Å². The average molecular weight is 343 g/mol. The van der Waals surface area contributed by atoms with E-state index in [0.717, 1.165) is 36.4 Å². The summed E-state index contributed by atoms with van der Waals surface area (Å²) in [5.41, 5.74) is 4.41. The fraction of sp³-hybridized carbons (Fsp3) is 0.471. The molecule has 3 aromatic rings. The van der Waals surface area contributed by atoms with Crippen molar-refractivity contribution in [2.45, 2.75) is 31.8 Å². The highest BCUT2D eigenvalue weighted by Gasteiger charge is 2.23. The Hall–Kier alpha value is -1.83. The number of aliphatic hydroxyl groups is 1. The van der Waals surface area contributed by atoms with Gasteiger partial charge in [-0.2, -0.15) is 13.8 Å². The molecule has 0 saturated carbocycles. The summed E-state index contributed by atoms with van der Waals surface area (Å²) >= 11 is 1.27. The summed E-state index contributed by atoms with van der Waals surface area (Å²) in [4.78, 5) is 2.50. The summed E-state index contributed by atoms with van der Waals surface area (Å²) < 4.78 is 10.4. The van der Waals surface area contributed by atoms with Crippen molar-refractivity contribution in [1.82, 2.24) is 23.4 Å². The molecular weight excluding hydrogens is 322 g/mol. The fourth-order valence-electron chi connectivity index (χ4n) is 3.45. The van der Waals surface area contributed by atoms with Crippen LogP contribution in [-0.2, 0) is 13.1 Å². The molecule has 0 bridgehead atoms. The molecule has 3 heterocycles. The number of fused-ring (bicyclic) bond motifs is 1. The van der Waals surface area contributed by atoms with Crippen molar-refractivity contribution in [2.24, 2.45) is 0 Å². The van der Waals surface area contributed by atoms with Crippen LogP contribution in [0.15, 0.2) is 30.5 Å². The third-order valence-corrected chi connectivity index (χ3v) is 5.20. The van der Waals surface area contributed by atoms with E-state index >= 15 is 0 Å². The minimum Gasteiger partial charge on any atom is -0.394 e. The van der Waals surface area contributed by atoms with Crippen molar-refractivity contribution in [1.29, 1.82) is 0 Å². The summed E-state index contributed by atoms with van der Waals surface area (Å²) in [7, 11) is 0. The second-order valence-electron chi connectivity index (χ2n) is 6.39. The lowest BCUT2D eigenvalue weighted by Gasteiger charge is -2.32. The van der Waals surface area contributed by atoms with Crippen LogP contribution < -0.4 is 0 Å². The molecule has 1 N–H and O–H groups in total. The molecule has 1 aromatic carbocycles. The zero-order valence-electron chi connectivity index (χ0n) is 13.5. The second-order valence-corrected chi connectivity index (χ2v) is 6.92. The van der Waals surface area contributed by atoms with E-state index in [0.29, 0.717) is 12.5 Å². The molecule has 4 rings (SSSR count). The van der Waals surface area contributed by atoms with Crippen LogP contribution in [0.3, 0.4) is 0 Å². The summed E-state index contributed by atoms with van der Waals surface area (Å²) in [6, 6.07) is 8.46. The van der Waals surface area contributed by atoms with Gasteiger partial charge in [0.15, 0.2) is 0 Å². The van der Waals surface area contributed by atoms with E-state index in [-0.39, 0.29) is 6.61 Å². The number of hydrogen-bond acceptors (Lipinski definition) is 6. The molecule has 1 fully saturated rings. The van der Waals surface area contributed by atoms with Crippen LogP contribution in [0.2, 0.25) is 0 Å². The largest absolute Gasteiger partial charge is 0.394 e. The van der Waals surface area contributed by atoms with Crippen molar-refractivity contribution < 1.29 is 5.11 Å². The molecular formula is C17H21N5OS. The van der Waals surface area contributed by atoms with Crippen molar-refractivity contribution in [3.8, 4) is 0 Å². The maximum Gasteiger partial charge on any atom is 0.105 e. The van der Waals surface area contributed by atoms with Crippen LogP contribution in [0.5, 0.6) is 0 Å². The van der Waals surface area contributed by atoms with Gasteiger partial charge in [-0.1, -0.05) is 6.07 Å². The van der Waals surface area contributed by atoms with Gasteiger partial charge in [-0.15, -0.1) is 0 Å². The maximum absolute atomic E-state index is 9.03. The highest BCUT2D eigenvalue weighted by Crippen LogP contribution is 2.27. The second kappa shape index (κ2) is 6.96. The lowest BCUT2D eigenvalue weighted by atomic mass is 9.94. The van der Waals surface area contributed by atoms with Gasteiger partial charge in [-0.3, -0.25) is 9.58 Å². The number of hydrogen-bond donors (Lipinski definition) is 1. The van der Waals surface area contributed by atoms with Gasteiger partial charge < -0.3 is 5.11 Å². The number of benzene rings is 1. The van der Waals surface area contributed by atoms with Gasteiger partial charge in [0.2, 0.25) is 0 Å². The summed E-state index contributed by atoms with van der Waals surface area (Å²) in [5.74, 6) is 0.475. The van der Waals surface area contributed by atoms with Gasteiger partial charge >= 0.3 is 0 Å². The lowest BCUT2D eigenvalue weighted by molar-refractivity contribution is 0.197. The smallest absolute Gasteiger partial charge is 0.105 e. The van der Waals surface area contributed by atoms with Crippen LogP contribution in [0, 0.1) is 0 Å². The minimum atomic E-state index is 0.131. The van der Waals surface area contributed by atoms with E-state index in [4.69, 9.17) is 5.11 Å². The number of likely N-dealkylation sites (tertiary alicyclic amines) is 1. The van der Waals surface area contributed by atoms with E-state index in [1.165, 1.54) is 30.1 Å². The van der Waals surface area contributed by atoms with Crippen LogP contribution in [0.1, 0.15) is 30.0 Å². The molecule has 0 spiro atoms. The molecule has 1 saturated heterocycles. The Bertz CT molecular complexity index is 814. The third-order valence-electron chi connectivity index (χ3n) is 4.64. The standard InChI is InChI=1S/C17H21N5OS/c23-9-8-22-7-5-15(18-22)14-2-1-6-21(12-14)11-13-3-4-16-17(10-13)20-24-19-16/h3-5,7,10,14,23H,1-2,6,8-9,11-12H2/t14-/m1/s1. The molecule has 126 valence electrons. The Kier molecular flexibility index (Phi) is 4.55. The predicted molar refractivity (Wildman–Crippen MR) is 94.0 cm³/mol. The zero-order chi connectivity index (χ0) is 16.4. The monoisotopic (exact) mass is 343 g/mol. The van der Waals surface area contributed by atoms with Gasteiger partial charge in [-0.05, 0) is 43.1 Å². The molecule has 0 aliphatic carbocycles. The maximum atomic E-state index is 9.03. The van der Waals surface area contributed by atoms with Gasteiger partial charge in [0.05, 0.1) is 30.6 Å². The van der Waals surface area contributed by atoms with Gasteiger partial charge in [0.25, 0.3) is 0 Å². The number of aliphatic hydroxyl groups excluding tert-OH is 1. The van der Waals surface area contributed by atoms with Crippen LogP contribution in [-0.4, -0.2) is 48.2 Å². The molecule has 1 atom stereocenters. The number of aromatic nitrogens is 4. The SMILES string of the molecule is OCCn1ccc([C@@H]2CCCN(Cc3ccc4nsnc4c3)C2)n1. The molecule has 1 aliphatic rings.